The predicted molar refractivity (Wildman–Crippen MR) is 95.9 cm³/mol. The Labute approximate surface area is 159 Å². The molecule has 0 heterocycles. The molecule has 6 nitrogen and oxygen atoms in total. The second-order valence-corrected chi connectivity index (χ2v) is 8.81. The van der Waals surface area contributed by atoms with Gasteiger partial charge in [0.15, 0.2) is 0 Å². The van der Waals surface area contributed by atoms with Crippen LogP contribution < -0.4 is 0 Å². The molecule has 1 unspecified atom stereocenters. The number of carbonyl (C=O) groups excluding carboxylic acids is 2. The lowest BCUT2D eigenvalue weighted by atomic mass is 9.87. The molecule has 8 heteroatoms. The Morgan fingerprint density at radius 2 is 1.74 bits per heavy atom. The summed E-state index contributed by atoms with van der Waals surface area (Å²) in [4.78, 5) is 24.6. The second-order valence-electron chi connectivity index (χ2n) is 7.19. The van der Waals surface area contributed by atoms with Crippen molar-refractivity contribution in [1.29, 1.82) is 0 Å². The van der Waals surface area contributed by atoms with E-state index in [-0.39, 0.29) is 4.90 Å². The molecule has 1 aromatic carbocycles. The van der Waals surface area contributed by atoms with Crippen molar-refractivity contribution in [2.24, 2.45) is 5.41 Å². The SMILES string of the molecule is CCC1(OC(=O)C(C)(COS(=O)(=O)c2ccc(F)cc2)C(C)=O)CCCC1. The number of hydrogen-bond acceptors (Lipinski definition) is 6. The highest BCUT2D eigenvalue weighted by molar-refractivity contribution is 7.86. The van der Waals surface area contributed by atoms with Crippen molar-refractivity contribution in [3.63, 3.8) is 0 Å². The van der Waals surface area contributed by atoms with Gasteiger partial charge < -0.3 is 4.74 Å². The number of benzene rings is 1. The zero-order valence-electron chi connectivity index (χ0n) is 15.8. The van der Waals surface area contributed by atoms with Crippen molar-refractivity contribution in [2.45, 2.75) is 63.4 Å². The molecule has 0 N–H and O–H groups in total. The molecule has 1 atom stereocenters. The Hall–Kier alpha value is -1.80. The molecule has 1 fully saturated rings. The van der Waals surface area contributed by atoms with E-state index in [1.165, 1.54) is 13.8 Å². The molecule has 0 aromatic heterocycles. The third-order valence-electron chi connectivity index (χ3n) is 5.30. The maximum Gasteiger partial charge on any atom is 0.322 e. The molecule has 2 rings (SSSR count). The standard InChI is InChI=1S/C19H25FO6S/c1-4-19(11-5-6-12-19)26-17(22)18(3,14(2)21)13-25-27(23,24)16-9-7-15(20)8-10-16/h7-10H,4-6,11-13H2,1-3H3. The average Bonchev–Trinajstić information content (AvgIpc) is 3.09. The van der Waals surface area contributed by atoms with Crippen LogP contribution in [-0.2, 0) is 28.6 Å². The minimum absolute atomic E-state index is 0.260. The number of ether oxygens (including phenoxy) is 1. The highest BCUT2D eigenvalue weighted by atomic mass is 32.2. The van der Waals surface area contributed by atoms with Gasteiger partial charge in [0.2, 0.25) is 0 Å². The van der Waals surface area contributed by atoms with Crippen LogP contribution in [0, 0.1) is 11.2 Å². The molecule has 150 valence electrons. The molecule has 0 aliphatic heterocycles. The molecular weight excluding hydrogens is 375 g/mol. The summed E-state index contributed by atoms with van der Waals surface area (Å²) in [5.41, 5.74) is -2.36. The molecule has 1 aliphatic carbocycles. The van der Waals surface area contributed by atoms with Gasteiger partial charge in [-0.25, -0.2) is 4.39 Å². The van der Waals surface area contributed by atoms with Gasteiger partial charge in [-0.15, -0.1) is 0 Å². The fourth-order valence-corrected chi connectivity index (χ4v) is 4.02. The fourth-order valence-electron chi connectivity index (χ4n) is 3.03. The molecule has 1 aliphatic rings. The molecule has 0 saturated heterocycles. The number of carbonyl (C=O) groups is 2. The lowest BCUT2D eigenvalue weighted by Gasteiger charge is -2.33. The van der Waals surface area contributed by atoms with E-state index >= 15 is 0 Å². The molecule has 0 amide bonds. The van der Waals surface area contributed by atoms with Crippen LogP contribution in [0.1, 0.15) is 52.9 Å². The van der Waals surface area contributed by atoms with Gasteiger partial charge in [-0.3, -0.25) is 13.8 Å². The number of ketones is 1. The Morgan fingerprint density at radius 1 is 1.19 bits per heavy atom. The van der Waals surface area contributed by atoms with Crippen LogP contribution in [0.3, 0.4) is 0 Å². The maximum absolute atomic E-state index is 13.0. The lowest BCUT2D eigenvalue weighted by molar-refractivity contribution is -0.175. The molecule has 27 heavy (non-hydrogen) atoms. The van der Waals surface area contributed by atoms with E-state index in [9.17, 15) is 22.4 Å². The first-order valence-electron chi connectivity index (χ1n) is 8.94. The van der Waals surface area contributed by atoms with Crippen LogP contribution in [0.2, 0.25) is 0 Å². The summed E-state index contributed by atoms with van der Waals surface area (Å²) in [6.45, 7) is 3.75. The smallest absolute Gasteiger partial charge is 0.322 e. The summed E-state index contributed by atoms with van der Waals surface area (Å²) < 4.78 is 48.2. The van der Waals surface area contributed by atoms with Crippen LogP contribution in [-0.4, -0.2) is 32.4 Å². The molecular formula is C19H25FO6S. The van der Waals surface area contributed by atoms with Gasteiger partial charge in [-0.1, -0.05) is 6.92 Å². The van der Waals surface area contributed by atoms with Gasteiger partial charge in [-0.05, 0) is 70.2 Å². The summed E-state index contributed by atoms with van der Waals surface area (Å²) in [6, 6.07) is 4.08. The first kappa shape index (κ1) is 21.5. The Kier molecular flexibility index (Phi) is 6.42. The van der Waals surface area contributed by atoms with Crippen molar-refractivity contribution < 1.29 is 31.3 Å². The van der Waals surface area contributed by atoms with Crippen LogP contribution in [0.25, 0.3) is 0 Å². The number of esters is 1. The number of halogens is 1. The molecule has 1 saturated carbocycles. The molecule has 0 bridgehead atoms. The van der Waals surface area contributed by atoms with E-state index in [1.54, 1.807) is 0 Å². The van der Waals surface area contributed by atoms with E-state index in [1.807, 2.05) is 6.92 Å². The van der Waals surface area contributed by atoms with E-state index in [4.69, 9.17) is 8.92 Å². The van der Waals surface area contributed by atoms with E-state index in [2.05, 4.69) is 0 Å². The third-order valence-corrected chi connectivity index (χ3v) is 6.58. The summed E-state index contributed by atoms with van der Waals surface area (Å²) in [7, 11) is -4.25. The first-order chi connectivity index (χ1) is 12.5. The highest BCUT2D eigenvalue weighted by Gasteiger charge is 2.46. The van der Waals surface area contributed by atoms with Crippen molar-refractivity contribution in [1.82, 2.24) is 0 Å². The lowest BCUT2D eigenvalue weighted by Crippen LogP contribution is -2.45. The zero-order chi connectivity index (χ0) is 20.3. The Bertz CT molecular complexity index is 796. The van der Waals surface area contributed by atoms with E-state index in [0.29, 0.717) is 6.42 Å². The number of rotatable bonds is 8. The minimum Gasteiger partial charge on any atom is -0.458 e. The average molecular weight is 400 g/mol. The van der Waals surface area contributed by atoms with Gasteiger partial charge in [0.1, 0.15) is 22.6 Å². The van der Waals surface area contributed by atoms with Gasteiger partial charge in [-0.2, -0.15) is 8.42 Å². The Balaban J connectivity index is 2.17. The van der Waals surface area contributed by atoms with Gasteiger partial charge in [0, 0.05) is 0 Å². The quantitative estimate of drug-likeness (QED) is 0.378. The van der Waals surface area contributed by atoms with E-state index in [0.717, 1.165) is 49.9 Å². The summed E-state index contributed by atoms with van der Waals surface area (Å²) in [5, 5.41) is 0. The number of hydrogen-bond donors (Lipinski definition) is 0. The maximum atomic E-state index is 13.0. The monoisotopic (exact) mass is 400 g/mol. The first-order valence-corrected chi connectivity index (χ1v) is 10.3. The van der Waals surface area contributed by atoms with E-state index < -0.39 is 45.3 Å². The van der Waals surface area contributed by atoms with Crippen molar-refractivity contribution in [2.75, 3.05) is 6.61 Å². The van der Waals surface area contributed by atoms with Crippen molar-refractivity contribution >= 4 is 21.9 Å². The fraction of sp³-hybridized carbons (Fsp3) is 0.579. The highest BCUT2D eigenvalue weighted by Crippen LogP contribution is 2.38. The van der Waals surface area contributed by atoms with Crippen molar-refractivity contribution in [3.05, 3.63) is 30.1 Å². The van der Waals surface area contributed by atoms with Crippen LogP contribution in [0.15, 0.2) is 29.2 Å². The Morgan fingerprint density at radius 3 is 2.22 bits per heavy atom. The van der Waals surface area contributed by atoms with Crippen LogP contribution in [0.4, 0.5) is 4.39 Å². The number of Topliss-reactive ketones (excluding diaryl/α,β-unsaturated/α-hetero) is 1. The second kappa shape index (κ2) is 8.06. The normalized spacial score (nSPS) is 18.7. The minimum atomic E-state index is -4.25. The van der Waals surface area contributed by atoms with Crippen LogP contribution in [0.5, 0.6) is 0 Å². The summed E-state index contributed by atoms with van der Waals surface area (Å²) in [6.07, 6.45) is 3.94. The molecule has 1 aromatic rings. The predicted octanol–water partition coefficient (Wildman–Crippen LogP) is 3.39. The third kappa shape index (κ3) is 4.73. The summed E-state index contributed by atoms with van der Waals surface area (Å²) >= 11 is 0. The zero-order valence-corrected chi connectivity index (χ0v) is 16.6. The van der Waals surface area contributed by atoms with Gasteiger partial charge in [0.25, 0.3) is 10.1 Å². The van der Waals surface area contributed by atoms with Crippen molar-refractivity contribution in [3.8, 4) is 0 Å². The molecule has 0 radical (unpaired) electrons. The van der Waals surface area contributed by atoms with Gasteiger partial charge in [0.05, 0.1) is 11.5 Å². The van der Waals surface area contributed by atoms with Crippen LogP contribution >= 0.6 is 0 Å². The summed E-state index contributed by atoms with van der Waals surface area (Å²) in [5.74, 6) is -1.92. The topological polar surface area (TPSA) is 86.7 Å². The van der Waals surface area contributed by atoms with Gasteiger partial charge >= 0.3 is 5.97 Å². The molecule has 0 spiro atoms. The largest absolute Gasteiger partial charge is 0.458 e.